The molecule has 0 saturated carbocycles. The number of aryl methyl sites for hydroxylation is 1. The van der Waals surface area contributed by atoms with Gasteiger partial charge in [-0.15, -0.1) is 0 Å². The van der Waals surface area contributed by atoms with Gasteiger partial charge in [0.1, 0.15) is 11.9 Å². The second-order valence-electron chi connectivity index (χ2n) is 8.64. The first-order chi connectivity index (χ1) is 15.9. The van der Waals surface area contributed by atoms with Crippen molar-refractivity contribution in [2.45, 2.75) is 44.3 Å². The van der Waals surface area contributed by atoms with E-state index in [1.54, 1.807) is 21.9 Å². The molecule has 2 saturated heterocycles. The van der Waals surface area contributed by atoms with Crippen LogP contribution in [0, 0.1) is 5.41 Å². The summed E-state index contributed by atoms with van der Waals surface area (Å²) in [5, 5.41) is 10.4. The van der Waals surface area contributed by atoms with Crippen LogP contribution in [0.5, 0.6) is 0 Å². The number of rotatable bonds is 7. The average Bonchev–Trinajstić information content (AvgIpc) is 3.27. The van der Waals surface area contributed by atoms with Crippen LogP contribution in [0.3, 0.4) is 0 Å². The summed E-state index contributed by atoms with van der Waals surface area (Å²) in [5.41, 5.74) is 8.09. The Morgan fingerprint density at radius 2 is 1.76 bits per heavy atom. The molecule has 2 aliphatic heterocycles. The summed E-state index contributed by atoms with van der Waals surface area (Å²) in [7, 11) is 0. The number of benzene rings is 2. The molecule has 2 aromatic carbocycles. The minimum atomic E-state index is -0.499. The third kappa shape index (κ3) is 5.22. The Morgan fingerprint density at radius 3 is 2.45 bits per heavy atom. The molecule has 0 aliphatic carbocycles. The van der Waals surface area contributed by atoms with Gasteiger partial charge in [-0.2, -0.15) is 0 Å². The fourth-order valence-electron chi connectivity index (χ4n) is 4.61. The number of carbonyl (C=O) groups is 3. The summed E-state index contributed by atoms with van der Waals surface area (Å²) in [5.74, 6) is -0.360. The first-order valence-electron chi connectivity index (χ1n) is 11.3. The number of amides is 3. The predicted molar refractivity (Wildman–Crippen MR) is 124 cm³/mol. The second kappa shape index (κ2) is 9.85. The smallest absolute Gasteiger partial charge is 0.243 e. The van der Waals surface area contributed by atoms with E-state index in [-0.39, 0.29) is 36.1 Å². The summed E-state index contributed by atoms with van der Waals surface area (Å²) in [6.45, 7) is 0.848. The number of carbonyl (C=O) groups excluding carboxylic acids is 3. The van der Waals surface area contributed by atoms with Crippen molar-refractivity contribution in [3.8, 4) is 0 Å². The predicted octanol–water partition coefficient (Wildman–Crippen LogP) is 1.42. The lowest BCUT2D eigenvalue weighted by molar-refractivity contribution is -0.151. The van der Waals surface area contributed by atoms with Gasteiger partial charge in [-0.25, -0.2) is 0 Å². The lowest BCUT2D eigenvalue weighted by Crippen LogP contribution is -2.59. The zero-order chi connectivity index (χ0) is 23.4. The Bertz CT molecular complexity index is 1040. The molecule has 2 aliphatic rings. The number of nitrogen functional groups attached to an aromatic ring is 1. The van der Waals surface area contributed by atoms with Crippen LogP contribution in [-0.2, 0) is 27.3 Å². The van der Waals surface area contributed by atoms with Crippen LogP contribution >= 0.6 is 0 Å². The van der Waals surface area contributed by atoms with E-state index in [2.05, 4.69) is 5.32 Å². The van der Waals surface area contributed by atoms with Crippen LogP contribution in [0.2, 0.25) is 0 Å². The monoisotopic (exact) mass is 447 g/mol. The van der Waals surface area contributed by atoms with E-state index in [0.717, 1.165) is 11.1 Å². The molecule has 4 rings (SSSR count). The number of nitrogens with two attached hydrogens (primary N) is 1. The number of piperazine rings is 1. The number of nitrogens with one attached hydrogen (secondary N) is 2. The molecule has 8 nitrogen and oxygen atoms in total. The number of amidine groups is 1. The fraction of sp³-hybridized carbons (Fsp3) is 0.360. The highest BCUT2D eigenvalue weighted by Crippen LogP contribution is 2.29. The summed E-state index contributed by atoms with van der Waals surface area (Å²) < 4.78 is 0. The topological polar surface area (TPSA) is 120 Å². The van der Waals surface area contributed by atoms with E-state index in [1.165, 1.54) is 0 Å². The highest BCUT2D eigenvalue weighted by Gasteiger charge is 2.45. The minimum absolute atomic E-state index is 0.00112. The van der Waals surface area contributed by atoms with Gasteiger partial charge in [0.2, 0.25) is 17.7 Å². The molecule has 4 N–H and O–H groups in total. The number of hydrogen-bond acceptors (Lipinski definition) is 4. The molecule has 2 atom stereocenters. The van der Waals surface area contributed by atoms with Crippen molar-refractivity contribution < 1.29 is 14.4 Å². The molecule has 0 bridgehead atoms. The SMILES string of the molecule is N=C(N)c1ccc(CNC(=O)C2CCC3CN(C(=O)CCc4ccccc4)CC(=O)N32)cc1. The summed E-state index contributed by atoms with van der Waals surface area (Å²) in [6, 6.07) is 16.3. The third-order valence-corrected chi connectivity index (χ3v) is 6.41. The molecular weight excluding hydrogens is 418 g/mol. The van der Waals surface area contributed by atoms with Crippen LogP contribution < -0.4 is 11.1 Å². The van der Waals surface area contributed by atoms with Crippen LogP contribution in [-0.4, -0.2) is 58.5 Å². The average molecular weight is 448 g/mol. The molecule has 33 heavy (non-hydrogen) atoms. The summed E-state index contributed by atoms with van der Waals surface area (Å²) in [4.78, 5) is 41.7. The molecule has 2 aromatic rings. The normalized spacial score (nSPS) is 19.8. The molecule has 8 heteroatoms. The zero-order valence-corrected chi connectivity index (χ0v) is 18.5. The van der Waals surface area contributed by atoms with Crippen LogP contribution in [0.25, 0.3) is 0 Å². The van der Waals surface area contributed by atoms with Crippen molar-refractivity contribution in [2.75, 3.05) is 13.1 Å². The maximum absolute atomic E-state index is 12.9. The van der Waals surface area contributed by atoms with Gasteiger partial charge < -0.3 is 20.9 Å². The van der Waals surface area contributed by atoms with Crippen molar-refractivity contribution >= 4 is 23.6 Å². The van der Waals surface area contributed by atoms with Gasteiger partial charge in [0.25, 0.3) is 0 Å². The van der Waals surface area contributed by atoms with Gasteiger partial charge in [0, 0.05) is 25.1 Å². The van der Waals surface area contributed by atoms with Crippen LogP contribution in [0.4, 0.5) is 0 Å². The number of fused-ring (bicyclic) bond motifs is 1. The van der Waals surface area contributed by atoms with Gasteiger partial charge in [-0.3, -0.25) is 19.8 Å². The second-order valence-corrected chi connectivity index (χ2v) is 8.64. The Labute approximate surface area is 193 Å². The van der Waals surface area contributed by atoms with Gasteiger partial charge in [-0.1, -0.05) is 54.6 Å². The minimum Gasteiger partial charge on any atom is -0.384 e. The van der Waals surface area contributed by atoms with E-state index >= 15 is 0 Å². The van der Waals surface area contributed by atoms with Crippen LogP contribution in [0.1, 0.15) is 36.0 Å². The van der Waals surface area contributed by atoms with Gasteiger partial charge in [0.15, 0.2) is 0 Å². The van der Waals surface area contributed by atoms with Crippen molar-refractivity contribution in [3.63, 3.8) is 0 Å². The molecule has 2 heterocycles. The number of hydrogen-bond donors (Lipinski definition) is 3. The van der Waals surface area contributed by atoms with E-state index in [4.69, 9.17) is 11.1 Å². The summed E-state index contributed by atoms with van der Waals surface area (Å²) >= 11 is 0. The third-order valence-electron chi connectivity index (χ3n) is 6.41. The van der Waals surface area contributed by atoms with Crippen molar-refractivity contribution in [1.29, 1.82) is 5.41 Å². The zero-order valence-electron chi connectivity index (χ0n) is 18.5. The van der Waals surface area contributed by atoms with Crippen molar-refractivity contribution in [2.24, 2.45) is 5.73 Å². The maximum Gasteiger partial charge on any atom is 0.243 e. The molecular formula is C25H29N5O3. The first kappa shape index (κ1) is 22.5. The quantitative estimate of drug-likeness (QED) is 0.439. The lowest BCUT2D eigenvalue weighted by atomic mass is 10.1. The maximum atomic E-state index is 12.9. The largest absolute Gasteiger partial charge is 0.384 e. The van der Waals surface area contributed by atoms with E-state index < -0.39 is 6.04 Å². The van der Waals surface area contributed by atoms with Crippen molar-refractivity contribution in [3.05, 3.63) is 71.3 Å². The van der Waals surface area contributed by atoms with E-state index in [9.17, 15) is 14.4 Å². The highest BCUT2D eigenvalue weighted by atomic mass is 16.2. The van der Waals surface area contributed by atoms with E-state index in [1.807, 2.05) is 42.5 Å². The van der Waals surface area contributed by atoms with Gasteiger partial charge >= 0.3 is 0 Å². The highest BCUT2D eigenvalue weighted by molar-refractivity contribution is 5.95. The molecule has 2 fully saturated rings. The Hall–Kier alpha value is -3.68. The Balaban J connectivity index is 1.30. The van der Waals surface area contributed by atoms with E-state index in [0.29, 0.717) is 44.3 Å². The molecule has 172 valence electrons. The molecule has 0 spiro atoms. The van der Waals surface area contributed by atoms with Gasteiger partial charge in [0.05, 0.1) is 12.6 Å². The molecule has 0 radical (unpaired) electrons. The Kier molecular flexibility index (Phi) is 6.72. The van der Waals surface area contributed by atoms with Crippen molar-refractivity contribution in [1.82, 2.24) is 15.1 Å². The first-order valence-corrected chi connectivity index (χ1v) is 11.3. The lowest BCUT2D eigenvalue weighted by Gasteiger charge is -2.39. The van der Waals surface area contributed by atoms with Crippen LogP contribution in [0.15, 0.2) is 54.6 Å². The molecule has 3 amide bonds. The number of nitrogens with zero attached hydrogens (tertiary/aromatic N) is 2. The summed E-state index contributed by atoms with van der Waals surface area (Å²) in [6.07, 6.45) is 2.32. The molecule has 0 aromatic heterocycles. The standard InChI is InChI=1S/C25H29N5O3/c26-24(27)19-9-6-18(7-10-19)14-28-25(33)21-12-11-20-15-29(16-23(32)30(20)21)22(31)13-8-17-4-2-1-3-5-17/h1-7,9-10,20-21H,8,11-16H2,(H3,26,27)(H,28,33). The Morgan fingerprint density at radius 1 is 1.03 bits per heavy atom. The molecule has 2 unspecified atom stereocenters. The fourth-order valence-corrected chi connectivity index (χ4v) is 4.61. The van der Waals surface area contributed by atoms with Gasteiger partial charge in [-0.05, 0) is 30.4 Å².